The highest BCUT2D eigenvalue weighted by Gasteiger charge is 2.27. The van der Waals surface area contributed by atoms with Crippen molar-refractivity contribution in [3.63, 3.8) is 0 Å². The fourth-order valence-corrected chi connectivity index (χ4v) is 5.55. The Balaban J connectivity index is 1.46. The van der Waals surface area contributed by atoms with E-state index in [1.807, 2.05) is 125 Å². The number of carbonyl (C=O) groups is 2. The second-order valence-electron chi connectivity index (χ2n) is 11.6. The van der Waals surface area contributed by atoms with Crippen molar-refractivity contribution in [3.05, 3.63) is 130 Å². The first-order valence-electron chi connectivity index (χ1n) is 15.4. The maximum absolute atomic E-state index is 13.1. The average molecular weight is 609 g/mol. The van der Waals surface area contributed by atoms with Gasteiger partial charge in [-0.3, -0.25) is 9.59 Å². The minimum atomic E-state index is -0.956. The molecule has 0 saturated heterocycles. The van der Waals surface area contributed by atoms with E-state index in [0.29, 0.717) is 24.3 Å². The molecule has 7 heteroatoms. The number of hydrogen-bond acceptors (Lipinski definition) is 5. The first kappa shape index (κ1) is 33.3. The standard InChI is InChI=1S/C38H44N2O5/c1-26-13-11-14-27(2)37(26)44-24-35(42)39-32(21-30-17-7-5-8-18-30)23-34(41)33(22-31-19-9-6-10-20-31)40-36(43)25-45-38-28(3)15-12-16-29(38)4/h5-20,32-34,41H,21-25H2,1-4H3,(H,39,42)(H,40,43)/t32-,33-,34-/m0/s1. The Hall–Kier alpha value is -4.62. The Morgan fingerprint density at radius 1 is 0.600 bits per heavy atom. The summed E-state index contributed by atoms with van der Waals surface area (Å²) in [4.78, 5) is 26.3. The zero-order valence-corrected chi connectivity index (χ0v) is 26.6. The molecule has 0 aromatic heterocycles. The summed E-state index contributed by atoms with van der Waals surface area (Å²) in [6, 6.07) is 30.2. The summed E-state index contributed by atoms with van der Waals surface area (Å²) < 4.78 is 11.8. The largest absolute Gasteiger partial charge is 0.483 e. The van der Waals surface area contributed by atoms with Gasteiger partial charge in [-0.1, -0.05) is 97.1 Å². The van der Waals surface area contributed by atoms with E-state index in [-0.39, 0.29) is 31.4 Å². The van der Waals surface area contributed by atoms with Gasteiger partial charge in [-0.2, -0.15) is 0 Å². The summed E-state index contributed by atoms with van der Waals surface area (Å²) in [6.07, 6.45) is 0.190. The highest BCUT2D eigenvalue weighted by Crippen LogP contribution is 2.23. The van der Waals surface area contributed by atoms with Crippen molar-refractivity contribution in [2.45, 2.75) is 65.1 Å². The van der Waals surface area contributed by atoms with Gasteiger partial charge in [-0.15, -0.1) is 0 Å². The van der Waals surface area contributed by atoms with Gasteiger partial charge in [0.2, 0.25) is 0 Å². The maximum atomic E-state index is 13.1. The van der Waals surface area contributed by atoms with E-state index in [1.54, 1.807) is 0 Å². The van der Waals surface area contributed by atoms with Crippen LogP contribution in [0.2, 0.25) is 0 Å². The van der Waals surface area contributed by atoms with Crippen molar-refractivity contribution in [2.24, 2.45) is 0 Å². The summed E-state index contributed by atoms with van der Waals surface area (Å²) in [7, 11) is 0. The minimum Gasteiger partial charge on any atom is -0.483 e. The number of aryl methyl sites for hydroxylation is 4. The van der Waals surface area contributed by atoms with E-state index in [1.165, 1.54) is 0 Å². The molecule has 0 heterocycles. The van der Waals surface area contributed by atoms with Gasteiger partial charge in [0.15, 0.2) is 13.2 Å². The van der Waals surface area contributed by atoms with Crippen molar-refractivity contribution in [1.82, 2.24) is 10.6 Å². The van der Waals surface area contributed by atoms with Crippen LogP contribution in [0.3, 0.4) is 0 Å². The molecule has 2 amide bonds. The minimum absolute atomic E-state index is 0.146. The van der Waals surface area contributed by atoms with Crippen molar-refractivity contribution >= 4 is 11.8 Å². The number of benzene rings is 4. The lowest BCUT2D eigenvalue weighted by Crippen LogP contribution is -2.50. The van der Waals surface area contributed by atoms with E-state index in [2.05, 4.69) is 10.6 Å². The fraction of sp³-hybridized carbons (Fsp3) is 0.316. The Morgan fingerprint density at radius 3 is 1.49 bits per heavy atom. The topological polar surface area (TPSA) is 96.9 Å². The van der Waals surface area contributed by atoms with Crippen LogP contribution >= 0.6 is 0 Å². The van der Waals surface area contributed by atoms with Gasteiger partial charge in [0, 0.05) is 6.04 Å². The van der Waals surface area contributed by atoms with Crippen LogP contribution in [0.25, 0.3) is 0 Å². The highest BCUT2D eigenvalue weighted by molar-refractivity contribution is 5.78. The number of para-hydroxylation sites is 2. The molecular weight excluding hydrogens is 564 g/mol. The Kier molecular flexibility index (Phi) is 12.2. The first-order chi connectivity index (χ1) is 21.7. The lowest BCUT2D eigenvalue weighted by molar-refractivity contribution is -0.126. The van der Waals surface area contributed by atoms with Gasteiger partial charge in [-0.25, -0.2) is 0 Å². The zero-order chi connectivity index (χ0) is 32.2. The average Bonchev–Trinajstić information content (AvgIpc) is 3.01. The van der Waals surface area contributed by atoms with E-state index in [4.69, 9.17) is 9.47 Å². The van der Waals surface area contributed by atoms with Gasteiger partial charge in [0.05, 0.1) is 12.1 Å². The van der Waals surface area contributed by atoms with Crippen LogP contribution in [0.1, 0.15) is 39.8 Å². The number of carbonyl (C=O) groups excluding carboxylic acids is 2. The molecule has 0 fully saturated rings. The normalized spacial score (nSPS) is 12.9. The van der Waals surface area contributed by atoms with E-state index < -0.39 is 18.2 Å². The number of ether oxygens (including phenoxy) is 2. The maximum Gasteiger partial charge on any atom is 0.258 e. The smallest absolute Gasteiger partial charge is 0.258 e. The fourth-order valence-electron chi connectivity index (χ4n) is 5.55. The van der Waals surface area contributed by atoms with E-state index in [0.717, 1.165) is 33.4 Å². The molecule has 0 aliphatic carbocycles. The summed E-state index contributed by atoms with van der Waals surface area (Å²) in [5, 5.41) is 17.7. The van der Waals surface area contributed by atoms with E-state index >= 15 is 0 Å². The van der Waals surface area contributed by atoms with E-state index in [9.17, 15) is 14.7 Å². The lowest BCUT2D eigenvalue weighted by Gasteiger charge is -2.28. The molecule has 4 aromatic carbocycles. The molecular formula is C38H44N2O5. The van der Waals surface area contributed by atoms with Gasteiger partial charge in [0.1, 0.15) is 11.5 Å². The Morgan fingerprint density at radius 2 is 1.02 bits per heavy atom. The van der Waals surface area contributed by atoms with Gasteiger partial charge in [0.25, 0.3) is 11.8 Å². The van der Waals surface area contributed by atoms with Gasteiger partial charge >= 0.3 is 0 Å². The number of amides is 2. The molecule has 4 rings (SSSR count). The third-order valence-corrected chi connectivity index (χ3v) is 7.84. The monoisotopic (exact) mass is 608 g/mol. The summed E-state index contributed by atoms with van der Waals surface area (Å²) in [6.45, 7) is 7.45. The predicted molar refractivity (Wildman–Crippen MR) is 178 cm³/mol. The molecule has 0 aliphatic heterocycles. The Bertz CT molecular complexity index is 1500. The molecule has 4 aromatic rings. The van der Waals surface area contributed by atoms with Crippen LogP contribution in [0.15, 0.2) is 97.1 Å². The number of aliphatic hydroxyl groups excluding tert-OH is 1. The molecule has 0 unspecified atom stereocenters. The molecule has 0 aliphatic rings. The summed E-state index contributed by atoms with van der Waals surface area (Å²) in [5.74, 6) is 0.766. The molecule has 0 spiro atoms. The van der Waals surface area contributed by atoms with Crippen LogP contribution in [0.4, 0.5) is 0 Å². The molecule has 3 atom stereocenters. The molecule has 0 saturated carbocycles. The number of hydrogen-bond donors (Lipinski definition) is 3. The highest BCUT2D eigenvalue weighted by atomic mass is 16.5. The third kappa shape index (κ3) is 10.2. The van der Waals surface area contributed by atoms with Crippen LogP contribution in [0.5, 0.6) is 11.5 Å². The van der Waals surface area contributed by atoms with Crippen LogP contribution < -0.4 is 20.1 Å². The van der Waals surface area contributed by atoms with Gasteiger partial charge in [-0.05, 0) is 80.3 Å². The molecule has 236 valence electrons. The lowest BCUT2D eigenvalue weighted by atomic mass is 9.93. The quantitative estimate of drug-likeness (QED) is 0.164. The van der Waals surface area contributed by atoms with Crippen molar-refractivity contribution in [3.8, 4) is 11.5 Å². The van der Waals surface area contributed by atoms with Crippen LogP contribution in [-0.2, 0) is 22.4 Å². The molecule has 0 bridgehead atoms. The summed E-state index contributed by atoms with van der Waals surface area (Å²) >= 11 is 0. The molecule has 0 radical (unpaired) electrons. The number of rotatable bonds is 15. The molecule has 7 nitrogen and oxygen atoms in total. The first-order valence-corrected chi connectivity index (χ1v) is 15.4. The third-order valence-electron chi connectivity index (χ3n) is 7.84. The Labute approximate surface area is 266 Å². The van der Waals surface area contributed by atoms with Crippen LogP contribution in [0, 0.1) is 27.7 Å². The zero-order valence-electron chi connectivity index (χ0n) is 26.6. The molecule has 45 heavy (non-hydrogen) atoms. The summed E-state index contributed by atoms with van der Waals surface area (Å²) in [5.41, 5.74) is 5.81. The SMILES string of the molecule is Cc1cccc(C)c1OCC(=O)N[C@@H](Cc1ccccc1)C[C@H](O)[C@H](Cc1ccccc1)NC(=O)COc1c(C)cccc1C. The van der Waals surface area contributed by atoms with Crippen LogP contribution in [-0.4, -0.2) is 48.3 Å². The van der Waals surface area contributed by atoms with Gasteiger partial charge < -0.3 is 25.2 Å². The molecule has 3 N–H and O–H groups in total. The van der Waals surface area contributed by atoms with Crippen molar-refractivity contribution in [2.75, 3.05) is 13.2 Å². The number of nitrogens with one attached hydrogen (secondary N) is 2. The van der Waals surface area contributed by atoms with Crippen molar-refractivity contribution in [1.29, 1.82) is 0 Å². The second-order valence-corrected chi connectivity index (χ2v) is 11.6. The second kappa shape index (κ2) is 16.5. The predicted octanol–water partition coefficient (Wildman–Crippen LogP) is 5.58. The number of aliphatic hydroxyl groups is 1. The van der Waals surface area contributed by atoms with Crippen molar-refractivity contribution < 1.29 is 24.2 Å².